The second-order valence-corrected chi connectivity index (χ2v) is 7.91. The van der Waals surface area contributed by atoms with Gasteiger partial charge < -0.3 is 30.1 Å². The van der Waals surface area contributed by atoms with Crippen LogP contribution in [-0.2, 0) is 22.7 Å². The number of unbranched alkanes of at least 4 members (excludes halogenated alkanes) is 3. The van der Waals surface area contributed by atoms with E-state index >= 15 is 0 Å². The van der Waals surface area contributed by atoms with Crippen molar-refractivity contribution in [2.45, 2.75) is 45.0 Å². The van der Waals surface area contributed by atoms with Crippen molar-refractivity contribution in [2.75, 3.05) is 32.9 Å². The fourth-order valence-corrected chi connectivity index (χ4v) is 3.22. The van der Waals surface area contributed by atoms with Gasteiger partial charge in [0.05, 0.1) is 32.5 Å². The first-order chi connectivity index (χ1) is 15.1. The lowest BCUT2D eigenvalue weighted by Crippen LogP contribution is -2.22. The molecule has 0 aliphatic heterocycles. The van der Waals surface area contributed by atoms with Crippen molar-refractivity contribution >= 4 is 11.6 Å². The van der Waals surface area contributed by atoms with Gasteiger partial charge in [-0.25, -0.2) is 0 Å². The Labute approximate surface area is 189 Å². The number of hydrogen-bond acceptors (Lipinski definition) is 6. The standard InChI is InChI=1S/C24H34ClNO5/c25-22-8-5-19(6-9-22)18-31-14-13-30-12-4-2-1-3-11-26-16-24(29)20-7-10-23(28)21(15-20)17-27/h5-10,15,24,26-29H,1-4,11-14,16-18H2/t24-/m0/s1. The van der Waals surface area contributed by atoms with Gasteiger partial charge in [0.15, 0.2) is 0 Å². The van der Waals surface area contributed by atoms with Crippen LogP contribution in [0.25, 0.3) is 0 Å². The highest BCUT2D eigenvalue weighted by Crippen LogP contribution is 2.22. The number of aromatic hydroxyl groups is 1. The molecule has 172 valence electrons. The molecule has 0 radical (unpaired) electrons. The van der Waals surface area contributed by atoms with Crippen LogP contribution >= 0.6 is 11.6 Å². The normalized spacial score (nSPS) is 12.2. The first-order valence-electron chi connectivity index (χ1n) is 10.8. The van der Waals surface area contributed by atoms with Crippen LogP contribution in [0.4, 0.5) is 0 Å². The Hall–Kier alpha value is -1.67. The van der Waals surface area contributed by atoms with Crippen LogP contribution in [0.3, 0.4) is 0 Å². The summed E-state index contributed by atoms with van der Waals surface area (Å²) in [7, 11) is 0. The van der Waals surface area contributed by atoms with Crippen LogP contribution in [0.1, 0.15) is 48.5 Å². The molecule has 0 spiro atoms. The van der Waals surface area contributed by atoms with Crippen LogP contribution in [0.15, 0.2) is 42.5 Å². The predicted molar refractivity (Wildman–Crippen MR) is 122 cm³/mol. The monoisotopic (exact) mass is 451 g/mol. The molecule has 31 heavy (non-hydrogen) atoms. The van der Waals surface area contributed by atoms with E-state index in [0.29, 0.717) is 37.5 Å². The van der Waals surface area contributed by atoms with Crippen molar-refractivity contribution in [3.8, 4) is 5.75 Å². The molecular weight excluding hydrogens is 418 g/mol. The number of halogens is 1. The molecule has 0 aromatic heterocycles. The summed E-state index contributed by atoms with van der Waals surface area (Å²) in [4.78, 5) is 0. The minimum atomic E-state index is -0.666. The van der Waals surface area contributed by atoms with Crippen LogP contribution in [-0.4, -0.2) is 48.2 Å². The van der Waals surface area contributed by atoms with Gasteiger partial charge in [-0.1, -0.05) is 42.6 Å². The minimum absolute atomic E-state index is 0.0425. The molecule has 2 rings (SSSR count). The third-order valence-corrected chi connectivity index (χ3v) is 5.19. The van der Waals surface area contributed by atoms with Gasteiger partial charge in [0.1, 0.15) is 5.75 Å². The van der Waals surface area contributed by atoms with Crippen molar-refractivity contribution in [1.29, 1.82) is 0 Å². The lowest BCUT2D eigenvalue weighted by Gasteiger charge is -2.14. The highest BCUT2D eigenvalue weighted by atomic mass is 35.5. The summed E-state index contributed by atoms with van der Waals surface area (Å²) in [6.45, 7) is 3.51. The lowest BCUT2D eigenvalue weighted by atomic mass is 10.1. The molecule has 4 N–H and O–H groups in total. The van der Waals surface area contributed by atoms with E-state index in [1.807, 2.05) is 24.3 Å². The van der Waals surface area contributed by atoms with Gasteiger partial charge in [-0.05, 0) is 54.8 Å². The molecule has 2 aromatic rings. The van der Waals surface area contributed by atoms with E-state index in [9.17, 15) is 15.3 Å². The van der Waals surface area contributed by atoms with Gasteiger partial charge >= 0.3 is 0 Å². The summed E-state index contributed by atoms with van der Waals surface area (Å²) in [5.41, 5.74) is 2.21. The Bertz CT molecular complexity index is 741. The number of aliphatic hydroxyl groups excluding tert-OH is 2. The van der Waals surface area contributed by atoms with Crippen LogP contribution in [0.5, 0.6) is 5.75 Å². The number of benzene rings is 2. The molecule has 2 aromatic carbocycles. The molecule has 0 unspecified atom stereocenters. The van der Waals surface area contributed by atoms with Gasteiger partial charge in [-0.3, -0.25) is 0 Å². The molecule has 7 heteroatoms. The molecule has 0 heterocycles. The quantitative estimate of drug-likeness (QED) is 0.289. The molecular formula is C24H34ClNO5. The smallest absolute Gasteiger partial charge is 0.121 e. The van der Waals surface area contributed by atoms with E-state index in [1.54, 1.807) is 12.1 Å². The molecule has 0 saturated carbocycles. The number of hydrogen-bond donors (Lipinski definition) is 4. The van der Waals surface area contributed by atoms with Crippen LogP contribution < -0.4 is 5.32 Å². The van der Waals surface area contributed by atoms with Gasteiger partial charge in [0.25, 0.3) is 0 Å². The molecule has 0 aliphatic rings. The number of aliphatic hydroxyl groups is 2. The fraction of sp³-hybridized carbons (Fsp3) is 0.500. The predicted octanol–water partition coefficient (Wildman–Crippen LogP) is 3.95. The van der Waals surface area contributed by atoms with Gasteiger partial charge in [-0.15, -0.1) is 0 Å². The molecule has 0 saturated heterocycles. The first-order valence-corrected chi connectivity index (χ1v) is 11.2. The minimum Gasteiger partial charge on any atom is -0.508 e. The summed E-state index contributed by atoms with van der Waals surface area (Å²) >= 11 is 5.85. The van der Waals surface area contributed by atoms with Crippen molar-refractivity contribution in [3.05, 3.63) is 64.2 Å². The zero-order valence-corrected chi connectivity index (χ0v) is 18.7. The Kier molecular flexibility index (Phi) is 12.5. The Morgan fingerprint density at radius 1 is 0.903 bits per heavy atom. The zero-order valence-electron chi connectivity index (χ0n) is 17.9. The number of nitrogens with one attached hydrogen (secondary N) is 1. The highest BCUT2D eigenvalue weighted by molar-refractivity contribution is 6.30. The molecule has 0 bridgehead atoms. The molecule has 0 aliphatic carbocycles. The molecule has 6 nitrogen and oxygen atoms in total. The molecule has 1 atom stereocenters. The maximum Gasteiger partial charge on any atom is 0.121 e. The first kappa shape index (κ1) is 25.6. The van der Waals surface area contributed by atoms with Crippen LogP contribution in [0, 0.1) is 0 Å². The van der Waals surface area contributed by atoms with Crippen molar-refractivity contribution in [1.82, 2.24) is 5.32 Å². The largest absolute Gasteiger partial charge is 0.508 e. The van der Waals surface area contributed by atoms with Crippen molar-refractivity contribution < 1.29 is 24.8 Å². The summed E-state index contributed by atoms with van der Waals surface area (Å²) in [6, 6.07) is 12.4. The Morgan fingerprint density at radius 3 is 2.42 bits per heavy atom. The van der Waals surface area contributed by atoms with E-state index < -0.39 is 6.10 Å². The second-order valence-electron chi connectivity index (χ2n) is 7.47. The van der Waals surface area contributed by atoms with E-state index in [1.165, 1.54) is 6.07 Å². The number of ether oxygens (including phenoxy) is 2. The van der Waals surface area contributed by atoms with Gasteiger partial charge in [-0.2, -0.15) is 0 Å². The average molecular weight is 452 g/mol. The average Bonchev–Trinajstić information content (AvgIpc) is 2.78. The van der Waals surface area contributed by atoms with E-state index in [2.05, 4.69) is 5.32 Å². The van der Waals surface area contributed by atoms with Crippen molar-refractivity contribution in [2.24, 2.45) is 0 Å². The van der Waals surface area contributed by atoms with Crippen molar-refractivity contribution in [3.63, 3.8) is 0 Å². The summed E-state index contributed by atoms with van der Waals surface area (Å²) in [5.74, 6) is 0.0425. The lowest BCUT2D eigenvalue weighted by molar-refractivity contribution is 0.0393. The zero-order chi connectivity index (χ0) is 22.3. The maximum absolute atomic E-state index is 10.2. The fourth-order valence-electron chi connectivity index (χ4n) is 3.09. The number of phenols is 1. The Morgan fingerprint density at radius 2 is 1.65 bits per heavy atom. The SMILES string of the molecule is OCc1cc([C@@H](O)CNCCCCCCOCCOCc2ccc(Cl)cc2)ccc1O. The molecule has 0 amide bonds. The van der Waals surface area contributed by atoms with Crippen LogP contribution in [0.2, 0.25) is 5.02 Å². The van der Waals surface area contributed by atoms with E-state index in [0.717, 1.165) is 49.4 Å². The second kappa shape index (κ2) is 15.2. The topological polar surface area (TPSA) is 91.2 Å². The van der Waals surface area contributed by atoms with E-state index in [-0.39, 0.29) is 12.4 Å². The summed E-state index contributed by atoms with van der Waals surface area (Å²) < 4.78 is 11.2. The van der Waals surface area contributed by atoms with Gasteiger partial charge in [0.2, 0.25) is 0 Å². The molecule has 0 fully saturated rings. The van der Waals surface area contributed by atoms with E-state index in [4.69, 9.17) is 21.1 Å². The summed E-state index contributed by atoms with van der Waals surface area (Å²) in [5, 5.41) is 33.0. The Balaban J connectivity index is 1.39. The third-order valence-electron chi connectivity index (χ3n) is 4.94. The third kappa shape index (κ3) is 10.5. The highest BCUT2D eigenvalue weighted by Gasteiger charge is 2.09. The number of rotatable bonds is 16. The van der Waals surface area contributed by atoms with Gasteiger partial charge in [0, 0.05) is 23.7 Å². The maximum atomic E-state index is 10.2. The summed E-state index contributed by atoms with van der Waals surface area (Å²) in [6.07, 6.45) is 3.61.